The molecule has 0 atom stereocenters. The first-order valence-electron chi connectivity index (χ1n) is 5.55. The van der Waals surface area contributed by atoms with E-state index >= 15 is 0 Å². The van der Waals surface area contributed by atoms with Crippen LogP contribution in [0.15, 0.2) is 24.3 Å². The van der Waals surface area contributed by atoms with Crippen LogP contribution in [0.1, 0.15) is 11.1 Å². The Labute approximate surface area is 111 Å². The molecule has 0 fully saturated rings. The van der Waals surface area contributed by atoms with Gasteiger partial charge in [-0.2, -0.15) is 13.2 Å². The minimum Gasteiger partial charge on any atom is -0.379 e. The standard InChI is InChI=1S/C12H16F3NSSi/c1-18(2,3)11(17)16-8-9-4-6-10(7-5-9)12(13,14)15/h4-7H,8H2,1-3H3,(H,16,17). The topological polar surface area (TPSA) is 12.0 Å². The zero-order chi connectivity index (χ0) is 14.0. The molecule has 1 aromatic rings. The molecule has 1 rings (SSSR count). The lowest BCUT2D eigenvalue weighted by Crippen LogP contribution is -2.41. The van der Waals surface area contributed by atoms with Crippen LogP contribution < -0.4 is 5.32 Å². The Kier molecular flexibility index (Phi) is 4.55. The first kappa shape index (κ1) is 15.2. The molecule has 0 aliphatic heterocycles. The van der Waals surface area contributed by atoms with Gasteiger partial charge < -0.3 is 5.32 Å². The molecule has 18 heavy (non-hydrogen) atoms. The van der Waals surface area contributed by atoms with Gasteiger partial charge in [0.1, 0.15) is 8.07 Å². The molecule has 0 saturated heterocycles. The number of benzene rings is 1. The Bertz CT molecular complexity index is 420. The molecule has 0 unspecified atom stereocenters. The van der Waals surface area contributed by atoms with E-state index < -0.39 is 19.8 Å². The largest absolute Gasteiger partial charge is 0.416 e. The first-order valence-corrected chi connectivity index (χ1v) is 9.46. The van der Waals surface area contributed by atoms with Crippen molar-refractivity contribution in [1.82, 2.24) is 5.32 Å². The number of hydrogen-bond donors (Lipinski definition) is 1. The fourth-order valence-corrected chi connectivity index (χ4v) is 1.95. The van der Waals surface area contributed by atoms with Crippen LogP contribution in [0.3, 0.4) is 0 Å². The lowest BCUT2D eigenvalue weighted by molar-refractivity contribution is -0.137. The fraction of sp³-hybridized carbons (Fsp3) is 0.417. The van der Waals surface area contributed by atoms with Crippen molar-refractivity contribution in [3.05, 3.63) is 35.4 Å². The van der Waals surface area contributed by atoms with Gasteiger partial charge >= 0.3 is 6.18 Å². The van der Waals surface area contributed by atoms with Crippen LogP contribution in [0.4, 0.5) is 13.2 Å². The highest BCUT2D eigenvalue weighted by molar-refractivity contribution is 7.84. The van der Waals surface area contributed by atoms with Crippen molar-refractivity contribution < 1.29 is 13.2 Å². The monoisotopic (exact) mass is 291 g/mol. The minimum absolute atomic E-state index is 0.473. The van der Waals surface area contributed by atoms with Gasteiger partial charge in [-0.3, -0.25) is 0 Å². The molecule has 0 aliphatic rings. The number of alkyl halides is 3. The summed E-state index contributed by atoms with van der Waals surface area (Å²) in [7, 11) is -1.51. The summed E-state index contributed by atoms with van der Waals surface area (Å²) in [4.78, 5) is 0. The Morgan fingerprint density at radius 3 is 2.06 bits per heavy atom. The van der Waals surface area contributed by atoms with E-state index in [2.05, 4.69) is 25.0 Å². The highest BCUT2D eigenvalue weighted by Gasteiger charge is 2.29. The lowest BCUT2D eigenvalue weighted by atomic mass is 10.1. The Morgan fingerprint density at radius 2 is 1.67 bits per heavy atom. The van der Waals surface area contributed by atoms with Gasteiger partial charge in [0.25, 0.3) is 0 Å². The van der Waals surface area contributed by atoms with Gasteiger partial charge in [0.05, 0.1) is 10.2 Å². The SMILES string of the molecule is C[Si](C)(C)C(=S)NCc1ccc(C(F)(F)F)cc1. The van der Waals surface area contributed by atoms with Crippen LogP contribution in [-0.4, -0.2) is 12.7 Å². The highest BCUT2D eigenvalue weighted by Crippen LogP contribution is 2.29. The summed E-state index contributed by atoms with van der Waals surface area (Å²) in [5.74, 6) is 0. The van der Waals surface area contributed by atoms with Gasteiger partial charge in [0.2, 0.25) is 0 Å². The maximum absolute atomic E-state index is 12.4. The van der Waals surface area contributed by atoms with Gasteiger partial charge in [0, 0.05) is 6.54 Å². The van der Waals surface area contributed by atoms with E-state index in [1.165, 1.54) is 12.1 Å². The van der Waals surface area contributed by atoms with Crippen molar-refractivity contribution in [3.8, 4) is 0 Å². The average Bonchev–Trinajstić information content (AvgIpc) is 2.24. The molecule has 0 amide bonds. The van der Waals surface area contributed by atoms with Crippen molar-refractivity contribution in [1.29, 1.82) is 0 Å². The Hall–Kier alpha value is -0.883. The second-order valence-electron chi connectivity index (χ2n) is 5.13. The molecule has 0 bridgehead atoms. The molecule has 0 aliphatic carbocycles. The quantitative estimate of drug-likeness (QED) is 0.667. The molecule has 0 spiro atoms. The summed E-state index contributed by atoms with van der Waals surface area (Å²) >= 11 is 5.25. The van der Waals surface area contributed by atoms with Gasteiger partial charge in [-0.05, 0) is 17.7 Å². The Balaban J connectivity index is 2.63. The summed E-state index contributed by atoms with van der Waals surface area (Å²) in [6.07, 6.45) is -4.28. The molecule has 0 radical (unpaired) electrons. The number of rotatable bonds is 3. The summed E-state index contributed by atoms with van der Waals surface area (Å²) in [5.41, 5.74) is 0.169. The molecule has 6 heteroatoms. The molecule has 0 saturated carbocycles. The fourth-order valence-electron chi connectivity index (χ4n) is 1.26. The second kappa shape index (κ2) is 5.40. The normalized spacial score (nSPS) is 12.3. The molecular weight excluding hydrogens is 275 g/mol. The van der Waals surface area contributed by atoms with E-state index in [1.807, 2.05) is 0 Å². The predicted octanol–water partition coefficient (Wildman–Crippen LogP) is 4.00. The van der Waals surface area contributed by atoms with E-state index in [0.29, 0.717) is 6.54 Å². The maximum Gasteiger partial charge on any atom is 0.416 e. The van der Waals surface area contributed by atoms with Gasteiger partial charge in [-0.1, -0.05) is 44.0 Å². The van der Waals surface area contributed by atoms with Crippen molar-refractivity contribution in [3.63, 3.8) is 0 Å². The zero-order valence-corrected chi connectivity index (χ0v) is 12.4. The number of thiocarbonyl (C=S) groups is 1. The smallest absolute Gasteiger partial charge is 0.379 e. The first-order chi connectivity index (χ1) is 8.10. The van der Waals surface area contributed by atoms with Crippen molar-refractivity contribution in [2.75, 3.05) is 0 Å². The van der Waals surface area contributed by atoms with Crippen molar-refractivity contribution in [2.24, 2.45) is 0 Å². The van der Waals surface area contributed by atoms with E-state index in [9.17, 15) is 13.2 Å². The molecule has 1 N–H and O–H groups in total. The summed E-state index contributed by atoms with van der Waals surface area (Å²) in [5, 5.41) is 3.11. The molecular formula is C12H16F3NSSi. The summed E-state index contributed by atoms with van der Waals surface area (Å²) in [6.45, 7) is 6.83. The second-order valence-corrected chi connectivity index (χ2v) is 10.9. The van der Waals surface area contributed by atoms with Gasteiger partial charge in [-0.15, -0.1) is 0 Å². The summed E-state index contributed by atoms with van der Waals surface area (Å²) in [6, 6.07) is 5.13. The van der Waals surface area contributed by atoms with Gasteiger partial charge in [-0.25, -0.2) is 0 Å². The summed E-state index contributed by atoms with van der Waals surface area (Å²) < 4.78 is 37.9. The van der Waals surface area contributed by atoms with E-state index in [-0.39, 0.29) is 0 Å². The third-order valence-electron chi connectivity index (χ3n) is 2.42. The third-order valence-corrected chi connectivity index (χ3v) is 5.94. The van der Waals surface area contributed by atoms with E-state index in [1.54, 1.807) is 0 Å². The maximum atomic E-state index is 12.4. The van der Waals surface area contributed by atoms with Gasteiger partial charge in [0.15, 0.2) is 0 Å². The van der Waals surface area contributed by atoms with Crippen LogP contribution in [0.25, 0.3) is 0 Å². The molecule has 100 valence electrons. The zero-order valence-electron chi connectivity index (χ0n) is 10.6. The lowest BCUT2D eigenvalue weighted by Gasteiger charge is -2.19. The molecule has 0 aromatic heterocycles. The number of hydrogen-bond acceptors (Lipinski definition) is 1. The van der Waals surface area contributed by atoms with Crippen LogP contribution in [0.2, 0.25) is 19.6 Å². The third kappa shape index (κ3) is 4.42. The highest BCUT2D eigenvalue weighted by atomic mass is 32.1. The van der Waals surface area contributed by atoms with E-state index in [0.717, 1.165) is 22.3 Å². The predicted molar refractivity (Wildman–Crippen MR) is 74.2 cm³/mol. The van der Waals surface area contributed by atoms with Crippen LogP contribution >= 0.6 is 12.2 Å². The van der Waals surface area contributed by atoms with Crippen LogP contribution in [0.5, 0.6) is 0 Å². The van der Waals surface area contributed by atoms with E-state index in [4.69, 9.17) is 12.2 Å². The number of nitrogens with one attached hydrogen (secondary N) is 1. The minimum atomic E-state index is -4.28. The molecule has 1 nitrogen and oxygen atoms in total. The average molecular weight is 291 g/mol. The number of halogens is 3. The molecule has 0 heterocycles. The van der Waals surface area contributed by atoms with Crippen LogP contribution in [-0.2, 0) is 12.7 Å². The van der Waals surface area contributed by atoms with Crippen LogP contribution in [0, 0.1) is 0 Å². The molecule has 1 aromatic carbocycles. The van der Waals surface area contributed by atoms with Crippen molar-refractivity contribution in [2.45, 2.75) is 32.4 Å². The Morgan fingerprint density at radius 1 is 1.17 bits per heavy atom. The van der Waals surface area contributed by atoms with Crippen molar-refractivity contribution >= 4 is 24.9 Å².